The molecule has 10 aromatic rings. The summed E-state index contributed by atoms with van der Waals surface area (Å²) in [5.74, 6) is 1.16. The van der Waals surface area contributed by atoms with Crippen LogP contribution in [0.15, 0.2) is 116 Å². The molecule has 5 aromatic heterocycles. The fourth-order valence-electron chi connectivity index (χ4n) is 8.09. The largest absolute Gasteiger partial charge is 2.00 e. The number of pyridine rings is 3. The summed E-state index contributed by atoms with van der Waals surface area (Å²) >= 11 is 0. The molecule has 0 saturated carbocycles. The summed E-state index contributed by atoms with van der Waals surface area (Å²) in [4.78, 5) is 14.2. The third-order valence-electron chi connectivity index (χ3n) is 10.3. The Hall–Kier alpha value is -5.84. The van der Waals surface area contributed by atoms with Crippen molar-refractivity contribution in [1.82, 2.24) is 23.8 Å². The Bertz CT molecular complexity index is 3030. The minimum Gasteiger partial charge on any atom is -0.497 e. The minimum atomic E-state index is 0. The van der Waals surface area contributed by atoms with E-state index in [9.17, 15) is 0 Å². The first-order valence-electron chi connectivity index (χ1n) is 17.1. The Kier molecular flexibility index (Phi) is 7.49. The number of hydrogen-bond acceptors (Lipinski definition) is 4. The molecular weight excluding hydrogens is 822 g/mol. The number of rotatable bonds is 4. The van der Waals surface area contributed by atoms with Crippen LogP contribution in [0.3, 0.4) is 0 Å². The van der Waals surface area contributed by atoms with Crippen LogP contribution < -0.4 is 4.74 Å². The molecule has 0 amide bonds. The third kappa shape index (κ3) is 4.71. The van der Waals surface area contributed by atoms with Crippen LogP contribution in [0, 0.1) is 39.8 Å². The fourth-order valence-corrected chi connectivity index (χ4v) is 8.09. The van der Waals surface area contributed by atoms with Gasteiger partial charge in [0.2, 0.25) is 0 Å². The molecule has 5 aromatic carbocycles. The molecule has 0 saturated heterocycles. The second kappa shape index (κ2) is 12.1. The van der Waals surface area contributed by atoms with E-state index in [0.29, 0.717) is 11.5 Å². The Balaban J connectivity index is 0.00000360. The quantitative estimate of drug-likeness (QED) is 0.131. The average molecular weight is 853 g/mol. The molecule has 0 N–H and O–H groups in total. The summed E-state index contributed by atoms with van der Waals surface area (Å²) in [5, 5.41) is 4.95. The summed E-state index contributed by atoms with van der Waals surface area (Å²) < 4.78 is 10.8. The fraction of sp³-hybridized carbons (Fsp3) is 0.0889. The molecule has 0 spiro atoms. The van der Waals surface area contributed by atoms with Gasteiger partial charge in [-0.15, -0.1) is 12.1 Å². The molecular formula is C45H31N5OPt. The van der Waals surface area contributed by atoms with Crippen molar-refractivity contribution in [1.29, 1.82) is 0 Å². The van der Waals surface area contributed by atoms with Crippen LogP contribution in [0.5, 0.6) is 11.5 Å². The summed E-state index contributed by atoms with van der Waals surface area (Å²) in [6.07, 6.45) is 9.47. The van der Waals surface area contributed by atoms with Gasteiger partial charge in [0.05, 0.1) is 22.3 Å². The predicted molar refractivity (Wildman–Crippen MR) is 206 cm³/mol. The average Bonchev–Trinajstić information content (AvgIpc) is 3.84. The van der Waals surface area contributed by atoms with E-state index in [0.717, 1.165) is 54.8 Å². The molecule has 0 unspecified atom stereocenters. The van der Waals surface area contributed by atoms with Crippen LogP contribution in [-0.4, -0.2) is 23.8 Å². The number of nitrogens with zero attached hydrogens (tertiary/aromatic N) is 5. The van der Waals surface area contributed by atoms with Crippen LogP contribution in [-0.2, 0) is 21.1 Å². The van der Waals surface area contributed by atoms with Crippen molar-refractivity contribution in [2.75, 3.05) is 0 Å². The zero-order valence-electron chi connectivity index (χ0n) is 28.9. The molecule has 252 valence electrons. The number of benzene rings is 5. The van der Waals surface area contributed by atoms with Crippen molar-refractivity contribution in [3.63, 3.8) is 0 Å². The second-order valence-corrected chi connectivity index (χ2v) is 13.4. The van der Waals surface area contributed by atoms with E-state index in [-0.39, 0.29) is 21.1 Å². The van der Waals surface area contributed by atoms with Crippen molar-refractivity contribution in [2.24, 2.45) is 0 Å². The molecule has 0 fully saturated rings. The van der Waals surface area contributed by atoms with E-state index in [1.54, 1.807) is 6.20 Å². The van der Waals surface area contributed by atoms with Gasteiger partial charge in [-0.3, -0.25) is 15.0 Å². The van der Waals surface area contributed by atoms with Gasteiger partial charge in [0.25, 0.3) is 0 Å². The number of ether oxygens (including phenoxy) is 1. The first-order valence-corrected chi connectivity index (χ1v) is 17.1. The molecule has 52 heavy (non-hydrogen) atoms. The van der Waals surface area contributed by atoms with Crippen LogP contribution >= 0.6 is 0 Å². The van der Waals surface area contributed by atoms with Gasteiger partial charge in [0, 0.05) is 48.0 Å². The Morgan fingerprint density at radius 2 is 1.10 bits per heavy atom. The minimum absolute atomic E-state index is 0. The number of aryl methyl sites for hydroxylation is 4. The van der Waals surface area contributed by atoms with Crippen molar-refractivity contribution in [2.45, 2.75) is 27.7 Å². The van der Waals surface area contributed by atoms with Gasteiger partial charge in [-0.05, 0) is 95.8 Å². The third-order valence-corrected chi connectivity index (χ3v) is 10.3. The van der Waals surface area contributed by atoms with Crippen molar-refractivity contribution in [3.05, 3.63) is 150 Å². The number of hydrogen-bond donors (Lipinski definition) is 0. The molecule has 7 heteroatoms. The molecule has 10 rings (SSSR count). The van der Waals surface area contributed by atoms with E-state index in [2.05, 4.69) is 115 Å². The maximum Gasteiger partial charge on any atom is 2.00 e. The summed E-state index contributed by atoms with van der Waals surface area (Å²) in [5.41, 5.74) is 14.5. The normalized spacial score (nSPS) is 11.7. The van der Waals surface area contributed by atoms with Gasteiger partial charge >= 0.3 is 21.1 Å². The monoisotopic (exact) mass is 852 g/mol. The standard InChI is InChI=1S/C45H31N5O.Pt/c1-26-8-5-9-27(2)39(26)34-17-18-37-41(42(34)40-28(3)10-6-11-29(40)4)32-15-13-30(24-35(32)44-47-20-22-49(37)44)51-31-14-16-33-36(25-31)45-48-21-23-50(45)38-12-7-19-46-43(33)38;/h5-23H,1-4H3;/q-2;+2. The summed E-state index contributed by atoms with van der Waals surface area (Å²) in [6.45, 7) is 8.83. The molecule has 0 aliphatic carbocycles. The van der Waals surface area contributed by atoms with Crippen molar-refractivity contribution >= 4 is 54.8 Å². The number of imidazole rings is 2. The molecule has 5 heterocycles. The van der Waals surface area contributed by atoms with Crippen LogP contribution in [0.25, 0.3) is 77.0 Å². The first kappa shape index (κ1) is 32.1. The van der Waals surface area contributed by atoms with E-state index >= 15 is 0 Å². The van der Waals surface area contributed by atoms with Crippen LogP contribution in [0.2, 0.25) is 0 Å². The van der Waals surface area contributed by atoms with E-state index < -0.39 is 0 Å². The Morgan fingerprint density at radius 3 is 1.75 bits per heavy atom. The molecule has 0 radical (unpaired) electrons. The van der Waals surface area contributed by atoms with Gasteiger partial charge < -0.3 is 13.5 Å². The first-order chi connectivity index (χ1) is 25.0. The topological polar surface area (TPSA) is 56.7 Å². The van der Waals surface area contributed by atoms with Gasteiger partial charge in [0.15, 0.2) is 0 Å². The maximum absolute atomic E-state index is 6.54. The molecule has 0 atom stereocenters. The molecule has 0 aliphatic rings. The Morgan fingerprint density at radius 1 is 0.519 bits per heavy atom. The summed E-state index contributed by atoms with van der Waals surface area (Å²) in [7, 11) is 0. The van der Waals surface area contributed by atoms with Crippen molar-refractivity contribution in [3.8, 4) is 33.8 Å². The second-order valence-electron chi connectivity index (χ2n) is 13.4. The predicted octanol–water partition coefficient (Wildman–Crippen LogP) is 10.9. The number of fused-ring (bicyclic) bond motifs is 12. The van der Waals surface area contributed by atoms with Crippen LogP contribution in [0.4, 0.5) is 0 Å². The smallest absolute Gasteiger partial charge is 0.497 e. The van der Waals surface area contributed by atoms with Gasteiger partial charge in [-0.2, -0.15) is 0 Å². The molecule has 0 bridgehead atoms. The van der Waals surface area contributed by atoms with E-state index in [1.165, 1.54) is 44.5 Å². The van der Waals surface area contributed by atoms with E-state index in [1.807, 2.05) is 53.5 Å². The van der Waals surface area contributed by atoms with Gasteiger partial charge in [-0.1, -0.05) is 88.3 Å². The van der Waals surface area contributed by atoms with Gasteiger partial charge in [-0.25, -0.2) is 0 Å². The van der Waals surface area contributed by atoms with Gasteiger partial charge in [0.1, 0.15) is 0 Å². The molecule has 0 aliphatic heterocycles. The van der Waals surface area contributed by atoms with E-state index in [4.69, 9.17) is 9.72 Å². The van der Waals surface area contributed by atoms with Crippen LogP contribution in [0.1, 0.15) is 22.3 Å². The zero-order chi connectivity index (χ0) is 34.4. The summed E-state index contributed by atoms with van der Waals surface area (Å²) in [6, 6.07) is 36.9. The molecule has 6 nitrogen and oxygen atoms in total. The SMILES string of the molecule is Cc1cccc(C)c1-c1ccc2c(c1-c1c(C)cccc1C)c1ccc(Oc3[c-]c4c(cc3)c3ncccc3n3ccnc43)[c-]c1c1nccn21.[Pt+2]. The van der Waals surface area contributed by atoms with Crippen molar-refractivity contribution < 1.29 is 25.8 Å². The maximum atomic E-state index is 6.54. The Labute approximate surface area is 314 Å². The zero-order valence-corrected chi connectivity index (χ0v) is 31.2. The number of aromatic nitrogens is 5.